The molecule has 4 rings (SSSR count). The number of aryl methyl sites for hydroxylation is 1. The van der Waals surface area contributed by atoms with Crippen LogP contribution in [0.15, 0.2) is 6.20 Å². The van der Waals surface area contributed by atoms with E-state index in [9.17, 15) is 4.79 Å². The summed E-state index contributed by atoms with van der Waals surface area (Å²) in [6, 6.07) is 2.06. The van der Waals surface area contributed by atoms with Crippen LogP contribution in [-0.2, 0) is 11.8 Å². The van der Waals surface area contributed by atoms with Gasteiger partial charge >= 0.3 is 0 Å². The third-order valence-corrected chi connectivity index (χ3v) is 5.23. The molecule has 0 spiro atoms. The van der Waals surface area contributed by atoms with Gasteiger partial charge in [-0.2, -0.15) is 10.4 Å². The van der Waals surface area contributed by atoms with Gasteiger partial charge in [-0.3, -0.25) is 9.48 Å². The lowest BCUT2D eigenvalue weighted by Gasteiger charge is -2.08. The van der Waals surface area contributed by atoms with Crippen LogP contribution >= 0.6 is 0 Å². The number of carbonyl (C=O) groups excluding carboxylic acids is 1. The van der Waals surface area contributed by atoms with Gasteiger partial charge in [0.05, 0.1) is 0 Å². The predicted molar refractivity (Wildman–Crippen MR) is 67.9 cm³/mol. The molecule has 4 unspecified atom stereocenters. The van der Waals surface area contributed by atoms with Gasteiger partial charge < -0.3 is 5.32 Å². The van der Waals surface area contributed by atoms with Crippen LogP contribution in [0.1, 0.15) is 24.8 Å². The van der Waals surface area contributed by atoms with Crippen molar-refractivity contribution in [1.82, 2.24) is 9.78 Å². The molecule has 4 atom stereocenters. The number of nitrogens with zero attached hydrogens (tertiary/aromatic N) is 3. The number of fused-ring (bicyclic) bond motifs is 5. The minimum absolute atomic E-state index is 0.0711. The maximum Gasteiger partial charge on any atom is 0.229 e. The Bertz CT molecular complexity index is 583. The first-order valence-corrected chi connectivity index (χ1v) is 6.93. The maximum atomic E-state index is 12.3. The summed E-state index contributed by atoms with van der Waals surface area (Å²) in [7, 11) is 1.75. The van der Waals surface area contributed by atoms with E-state index in [0.717, 1.165) is 11.8 Å². The Hall–Kier alpha value is -1.83. The van der Waals surface area contributed by atoms with Crippen LogP contribution in [0.3, 0.4) is 0 Å². The first kappa shape index (κ1) is 11.0. The van der Waals surface area contributed by atoms with E-state index >= 15 is 0 Å². The molecule has 5 nitrogen and oxygen atoms in total. The zero-order valence-corrected chi connectivity index (χ0v) is 10.8. The fraction of sp³-hybridized carbons (Fsp3) is 0.643. The lowest BCUT2D eigenvalue weighted by atomic mass is 10.0. The Morgan fingerprint density at radius 2 is 2.16 bits per heavy atom. The number of carbonyl (C=O) groups is 1. The van der Waals surface area contributed by atoms with Crippen LogP contribution in [0.2, 0.25) is 0 Å². The standard InChI is InChI=1S/C14H16N4O/c1-18-6-9(5-15)13(17-18)16-14(19)12-10-7-2-3-8(4-7)11(10)12/h6-8,10-12H,2-4H2,1H3,(H,16,17,19). The molecular weight excluding hydrogens is 240 g/mol. The van der Waals surface area contributed by atoms with Crippen molar-refractivity contribution < 1.29 is 4.79 Å². The van der Waals surface area contributed by atoms with Crippen LogP contribution in [0, 0.1) is 40.9 Å². The number of nitriles is 1. The highest BCUT2D eigenvalue weighted by Gasteiger charge is 2.67. The van der Waals surface area contributed by atoms with Crippen molar-refractivity contribution in [3.8, 4) is 6.07 Å². The first-order valence-electron chi connectivity index (χ1n) is 6.93. The van der Waals surface area contributed by atoms with E-state index in [0.29, 0.717) is 23.2 Å². The molecule has 3 fully saturated rings. The Kier molecular flexibility index (Phi) is 2.09. The van der Waals surface area contributed by atoms with E-state index in [2.05, 4.69) is 16.5 Å². The second-order valence-electron chi connectivity index (χ2n) is 6.18. The van der Waals surface area contributed by atoms with Crippen LogP contribution in [0.4, 0.5) is 5.82 Å². The Morgan fingerprint density at radius 1 is 1.47 bits per heavy atom. The summed E-state index contributed by atoms with van der Waals surface area (Å²) in [5.74, 6) is 3.46. The van der Waals surface area contributed by atoms with E-state index < -0.39 is 0 Å². The molecule has 1 aromatic rings. The second-order valence-corrected chi connectivity index (χ2v) is 6.18. The fourth-order valence-corrected chi connectivity index (χ4v) is 4.54. The number of rotatable bonds is 2. The average Bonchev–Trinajstić information content (AvgIpc) is 2.71. The molecule has 3 aliphatic carbocycles. The van der Waals surface area contributed by atoms with Gasteiger partial charge in [-0.15, -0.1) is 0 Å². The maximum absolute atomic E-state index is 12.3. The molecular formula is C14H16N4O. The Morgan fingerprint density at radius 3 is 2.79 bits per heavy atom. The Balaban J connectivity index is 1.50. The molecule has 1 aromatic heterocycles. The molecule has 0 radical (unpaired) electrons. The molecule has 2 bridgehead atoms. The second kappa shape index (κ2) is 3.60. The molecule has 1 amide bonds. The highest BCUT2D eigenvalue weighted by atomic mass is 16.2. The molecule has 1 N–H and O–H groups in total. The van der Waals surface area contributed by atoms with Crippen LogP contribution in [-0.4, -0.2) is 15.7 Å². The van der Waals surface area contributed by atoms with E-state index in [1.807, 2.05) is 0 Å². The summed E-state index contributed by atoms with van der Waals surface area (Å²) in [4.78, 5) is 12.3. The zero-order chi connectivity index (χ0) is 13.1. The van der Waals surface area contributed by atoms with Crippen LogP contribution in [0.25, 0.3) is 0 Å². The molecule has 0 saturated heterocycles. The van der Waals surface area contributed by atoms with Crippen molar-refractivity contribution in [2.75, 3.05) is 5.32 Å². The number of amides is 1. The summed E-state index contributed by atoms with van der Waals surface area (Å²) >= 11 is 0. The van der Waals surface area contributed by atoms with Crippen LogP contribution < -0.4 is 5.32 Å². The lowest BCUT2D eigenvalue weighted by molar-refractivity contribution is -0.118. The minimum atomic E-state index is 0.0711. The number of anilines is 1. The van der Waals surface area contributed by atoms with Crippen molar-refractivity contribution in [2.45, 2.75) is 19.3 Å². The quantitative estimate of drug-likeness (QED) is 0.872. The third kappa shape index (κ3) is 1.46. The van der Waals surface area contributed by atoms with Crippen molar-refractivity contribution in [2.24, 2.45) is 36.6 Å². The lowest BCUT2D eigenvalue weighted by Crippen LogP contribution is -2.19. The molecule has 0 aromatic carbocycles. The third-order valence-electron chi connectivity index (χ3n) is 5.23. The normalized spacial score (nSPS) is 37.8. The predicted octanol–water partition coefficient (Wildman–Crippen LogP) is 1.52. The molecule has 19 heavy (non-hydrogen) atoms. The van der Waals surface area contributed by atoms with E-state index in [1.165, 1.54) is 19.3 Å². The Labute approximate surface area is 111 Å². The largest absolute Gasteiger partial charge is 0.308 e. The molecule has 0 aliphatic heterocycles. The zero-order valence-electron chi connectivity index (χ0n) is 10.8. The van der Waals surface area contributed by atoms with Gasteiger partial charge in [0, 0.05) is 19.2 Å². The number of nitrogens with one attached hydrogen (secondary N) is 1. The smallest absolute Gasteiger partial charge is 0.229 e. The average molecular weight is 256 g/mol. The van der Waals surface area contributed by atoms with Gasteiger partial charge in [0.25, 0.3) is 0 Å². The summed E-state index contributed by atoms with van der Waals surface area (Å²) in [5, 5.41) is 16.0. The SMILES string of the molecule is Cn1cc(C#N)c(NC(=O)C2C3C4CCC(C4)C23)n1. The van der Waals surface area contributed by atoms with E-state index in [4.69, 9.17) is 5.26 Å². The van der Waals surface area contributed by atoms with Gasteiger partial charge in [-0.25, -0.2) is 0 Å². The highest BCUT2D eigenvalue weighted by Crippen LogP contribution is 2.69. The summed E-state index contributed by atoms with van der Waals surface area (Å²) in [6.45, 7) is 0. The van der Waals surface area contributed by atoms with Crippen molar-refractivity contribution >= 4 is 11.7 Å². The van der Waals surface area contributed by atoms with Crippen molar-refractivity contribution in [3.05, 3.63) is 11.8 Å². The minimum Gasteiger partial charge on any atom is -0.308 e. The van der Waals surface area contributed by atoms with E-state index in [1.54, 1.807) is 17.9 Å². The molecule has 98 valence electrons. The topological polar surface area (TPSA) is 70.7 Å². The van der Waals surface area contributed by atoms with Gasteiger partial charge in [-0.05, 0) is 42.9 Å². The molecule has 5 heteroatoms. The highest BCUT2D eigenvalue weighted by molar-refractivity contribution is 5.95. The number of hydrogen-bond acceptors (Lipinski definition) is 3. The van der Waals surface area contributed by atoms with Gasteiger partial charge in [0.15, 0.2) is 5.82 Å². The number of hydrogen-bond donors (Lipinski definition) is 1. The van der Waals surface area contributed by atoms with Crippen molar-refractivity contribution in [1.29, 1.82) is 5.26 Å². The fourth-order valence-electron chi connectivity index (χ4n) is 4.54. The molecule has 3 saturated carbocycles. The first-order chi connectivity index (χ1) is 9.19. The van der Waals surface area contributed by atoms with Gasteiger partial charge in [0.2, 0.25) is 5.91 Å². The molecule has 3 aliphatic rings. The number of aromatic nitrogens is 2. The molecule has 1 heterocycles. The van der Waals surface area contributed by atoms with Crippen molar-refractivity contribution in [3.63, 3.8) is 0 Å². The summed E-state index contributed by atoms with van der Waals surface area (Å²) in [6.07, 6.45) is 5.59. The van der Waals surface area contributed by atoms with Gasteiger partial charge in [0.1, 0.15) is 11.6 Å². The summed E-state index contributed by atoms with van der Waals surface area (Å²) in [5.41, 5.74) is 0.435. The van der Waals surface area contributed by atoms with Crippen LogP contribution in [0.5, 0.6) is 0 Å². The van der Waals surface area contributed by atoms with E-state index in [-0.39, 0.29) is 11.8 Å². The summed E-state index contributed by atoms with van der Waals surface area (Å²) < 4.78 is 1.56. The monoisotopic (exact) mass is 256 g/mol. The van der Waals surface area contributed by atoms with Gasteiger partial charge in [-0.1, -0.05) is 0 Å².